The van der Waals surface area contributed by atoms with Crippen molar-refractivity contribution in [3.63, 3.8) is 0 Å². The SMILES string of the molecule is FC(F)(F)C1(NCl)COC1. The highest BCUT2D eigenvalue weighted by Gasteiger charge is 2.60. The molecule has 0 bridgehead atoms. The van der Waals surface area contributed by atoms with Crippen molar-refractivity contribution in [2.24, 2.45) is 0 Å². The van der Waals surface area contributed by atoms with Gasteiger partial charge in [-0.05, 0) is 11.8 Å². The minimum absolute atomic E-state index is 0.403. The molecule has 0 unspecified atom stereocenters. The Bertz CT molecular complexity index is 127. The van der Waals surface area contributed by atoms with Gasteiger partial charge in [0, 0.05) is 0 Å². The van der Waals surface area contributed by atoms with Crippen molar-refractivity contribution in [1.29, 1.82) is 0 Å². The molecule has 1 saturated heterocycles. The van der Waals surface area contributed by atoms with Gasteiger partial charge in [-0.25, -0.2) is 4.84 Å². The first-order chi connectivity index (χ1) is 4.52. The van der Waals surface area contributed by atoms with E-state index < -0.39 is 24.9 Å². The van der Waals surface area contributed by atoms with E-state index in [9.17, 15) is 13.2 Å². The van der Waals surface area contributed by atoms with Crippen LogP contribution >= 0.6 is 11.8 Å². The highest BCUT2D eigenvalue weighted by molar-refractivity contribution is 6.14. The zero-order valence-electron chi connectivity index (χ0n) is 4.83. The van der Waals surface area contributed by atoms with Gasteiger partial charge in [-0.1, -0.05) is 0 Å². The van der Waals surface area contributed by atoms with E-state index in [1.807, 2.05) is 0 Å². The molecule has 0 aromatic carbocycles. The average Bonchev–Trinajstić information content (AvgIpc) is 1.58. The first-order valence-electron chi connectivity index (χ1n) is 2.54. The third kappa shape index (κ3) is 0.980. The maximum absolute atomic E-state index is 11.9. The van der Waals surface area contributed by atoms with Crippen LogP contribution in [0.5, 0.6) is 0 Å². The second kappa shape index (κ2) is 2.25. The van der Waals surface area contributed by atoms with Crippen LogP contribution in [0, 0.1) is 0 Å². The molecule has 2 nitrogen and oxygen atoms in total. The normalized spacial score (nSPS) is 24.0. The molecule has 0 radical (unpaired) electrons. The van der Waals surface area contributed by atoms with Gasteiger partial charge in [-0.3, -0.25) is 0 Å². The summed E-state index contributed by atoms with van der Waals surface area (Å²) in [5, 5.41) is 0. The minimum atomic E-state index is -4.33. The van der Waals surface area contributed by atoms with Crippen molar-refractivity contribution in [1.82, 2.24) is 4.84 Å². The molecule has 10 heavy (non-hydrogen) atoms. The Morgan fingerprint density at radius 2 is 1.90 bits per heavy atom. The highest BCUT2D eigenvalue weighted by atomic mass is 35.5. The summed E-state index contributed by atoms with van der Waals surface area (Å²) < 4.78 is 40.2. The smallest absolute Gasteiger partial charge is 0.377 e. The molecular weight excluding hydrogens is 170 g/mol. The highest BCUT2D eigenvalue weighted by Crippen LogP contribution is 2.36. The van der Waals surface area contributed by atoms with E-state index >= 15 is 0 Å². The molecule has 0 atom stereocenters. The Morgan fingerprint density at radius 3 is 1.90 bits per heavy atom. The van der Waals surface area contributed by atoms with Crippen molar-refractivity contribution in [2.75, 3.05) is 13.2 Å². The van der Waals surface area contributed by atoms with Crippen LogP contribution in [-0.4, -0.2) is 24.9 Å². The molecule has 6 heteroatoms. The number of rotatable bonds is 1. The van der Waals surface area contributed by atoms with Gasteiger partial charge in [-0.2, -0.15) is 13.2 Å². The first-order valence-corrected chi connectivity index (χ1v) is 2.92. The lowest BCUT2D eigenvalue weighted by Crippen LogP contribution is -2.66. The summed E-state index contributed by atoms with van der Waals surface area (Å²) in [6.45, 7) is -0.806. The molecule has 0 spiro atoms. The molecule has 1 rings (SSSR count). The summed E-state index contributed by atoms with van der Waals surface area (Å²) in [4.78, 5) is 1.68. The topological polar surface area (TPSA) is 21.3 Å². The van der Waals surface area contributed by atoms with Gasteiger partial charge < -0.3 is 4.74 Å². The van der Waals surface area contributed by atoms with Crippen molar-refractivity contribution < 1.29 is 17.9 Å². The number of nitrogens with one attached hydrogen (secondary N) is 1. The van der Waals surface area contributed by atoms with Crippen molar-refractivity contribution in [2.45, 2.75) is 11.7 Å². The molecule has 60 valence electrons. The van der Waals surface area contributed by atoms with E-state index in [-0.39, 0.29) is 0 Å². The molecule has 1 heterocycles. The maximum Gasteiger partial charge on any atom is 0.412 e. The van der Waals surface area contributed by atoms with Crippen molar-refractivity contribution in [3.8, 4) is 0 Å². The number of hydrogen-bond acceptors (Lipinski definition) is 2. The van der Waals surface area contributed by atoms with E-state index in [0.29, 0.717) is 0 Å². The fourth-order valence-corrected chi connectivity index (χ4v) is 0.794. The predicted molar refractivity (Wildman–Crippen MR) is 28.6 cm³/mol. The zero-order valence-corrected chi connectivity index (χ0v) is 5.59. The Kier molecular flexibility index (Phi) is 1.82. The summed E-state index contributed by atoms with van der Waals surface area (Å²) >= 11 is 4.89. The molecule has 0 saturated carbocycles. The monoisotopic (exact) mass is 175 g/mol. The van der Waals surface area contributed by atoms with E-state index in [4.69, 9.17) is 11.8 Å². The molecule has 1 aliphatic heterocycles. The van der Waals surface area contributed by atoms with Gasteiger partial charge in [-0.15, -0.1) is 0 Å². The Morgan fingerprint density at radius 1 is 1.40 bits per heavy atom. The molecule has 1 aliphatic rings. The molecule has 1 N–H and O–H groups in total. The molecule has 0 amide bonds. The number of halogens is 4. The Hall–Kier alpha value is -0.0000000000000000208. The van der Waals surface area contributed by atoms with Gasteiger partial charge in [0.1, 0.15) is 0 Å². The van der Waals surface area contributed by atoms with E-state index in [1.165, 1.54) is 0 Å². The second-order valence-corrected chi connectivity index (χ2v) is 2.36. The van der Waals surface area contributed by atoms with E-state index in [2.05, 4.69) is 4.74 Å². The minimum Gasteiger partial charge on any atom is -0.377 e. The first kappa shape index (κ1) is 8.10. The quantitative estimate of drug-likeness (QED) is 0.602. The third-order valence-corrected chi connectivity index (χ3v) is 1.78. The lowest BCUT2D eigenvalue weighted by atomic mass is 9.99. The summed E-state index contributed by atoms with van der Waals surface area (Å²) in [6, 6.07) is 0. The third-order valence-electron chi connectivity index (χ3n) is 1.42. The van der Waals surface area contributed by atoms with Crippen LogP contribution in [0.3, 0.4) is 0 Å². The van der Waals surface area contributed by atoms with Gasteiger partial charge in [0.2, 0.25) is 0 Å². The standard InChI is InChI=1S/C4H5ClF3NO/c5-9-3(1-10-2-3)4(6,7)8/h9H,1-2H2. The zero-order chi connectivity index (χ0) is 7.83. The predicted octanol–water partition coefficient (Wildman–Crippen LogP) is 1.06. The van der Waals surface area contributed by atoms with Crippen LogP contribution in [0.25, 0.3) is 0 Å². The van der Waals surface area contributed by atoms with Gasteiger partial charge >= 0.3 is 6.18 Å². The van der Waals surface area contributed by atoms with Crippen LogP contribution < -0.4 is 4.84 Å². The Labute approximate surface area is 60.4 Å². The van der Waals surface area contributed by atoms with Crippen molar-refractivity contribution in [3.05, 3.63) is 0 Å². The molecule has 0 aliphatic carbocycles. The molecule has 1 fully saturated rings. The second-order valence-electron chi connectivity index (χ2n) is 2.17. The molecule has 0 aromatic heterocycles. The number of hydrogen-bond donors (Lipinski definition) is 1. The van der Waals surface area contributed by atoms with Crippen LogP contribution in [0.15, 0.2) is 0 Å². The van der Waals surface area contributed by atoms with E-state index in [1.54, 1.807) is 4.84 Å². The van der Waals surface area contributed by atoms with Gasteiger partial charge in [0.05, 0.1) is 13.2 Å². The summed E-state index contributed by atoms with van der Waals surface area (Å²) in [6.07, 6.45) is -4.33. The fraction of sp³-hybridized carbons (Fsp3) is 1.00. The lowest BCUT2D eigenvalue weighted by molar-refractivity contribution is -0.260. The van der Waals surface area contributed by atoms with E-state index in [0.717, 1.165) is 0 Å². The molecule has 0 aromatic rings. The van der Waals surface area contributed by atoms with Gasteiger partial charge in [0.15, 0.2) is 5.54 Å². The lowest BCUT2D eigenvalue weighted by Gasteiger charge is -2.40. The summed E-state index contributed by atoms with van der Waals surface area (Å²) in [7, 11) is 0. The average molecular weight is 176 g/mol. The summed E-state index contributed by atoms with van der Waals surface area (Å²) in [5.74, 6) is 0. The van der Waals surface area contributed by atoms with Gasteiger partial charge in [0.25, 0.3) is 0 Å². The van der Waals surface area contributed by atoms with Crippen LogP contribution in [0.4, 0.5) is 13.2 Å². The summed E-state index contributed by atoms with van der Waals surface area (Å²) in [5.41, 5.74) is -2.01. The van der Waals surface area contributed by atoms with Crippen LogP contribution in [-0.2, 0) is 4.74 Å². The van der Waals surface area contributed by atoms with Crippen LogP contribution in [0.1, 0.15) is 0 Å². The Balaban J connectivity index is 2.65. The number of ether oxygens (including phenoxy) is 1. The largest absolute Gasteiger partial charge is 0.412 e. The number of alkyl halides is 3. The fourth-order valence-electron chi connectivity index (χ4n) is 0.578. The maximum atomic E-state index is 11.9. The van der Waals surface area contributed by atoms with Crippen LogP contribution in [0.2, 0.25) is 0 Å². The van der Waals surface area contributed by atoms with Crippen molar-refractivity contribution >= 4 is 11.8 Å². The molecular formula is C4H5ClF3NO.